The SMILES string of the molecule is CCNC(CCN(CC)CC)Cc1cncc(Br)c1. The molecule has 0 spiro atoms. The van der Waals surface area contributed by atoms with Crippen molar-refractivity contribution < 1.29 is 0 Å². The number of rotatable bonds is 9. The second kappa shape index (κ2) is 9.45. The molecule has 0 aliphatic rings. The van der Waals surface area contributed by atoms with Crippen LogP contribution in [-0.4, -0.2) is 42.1 Å². The summed E-state index contributed by atoms with van der Waals surface area (Å²) in [6.45, 7) is 11.1. The Kier molecular flexibility index (Phi) is 8.26. The van der Waals surface area contributed by atoms with E-state index >= 15 is 0 Å². The zero-order valence-electron chi connectivity index (χ0n) is 12.3. The summed E-state index contributed by atoms with van der Waals surface area (Å²) in [5, 5.41) is 3.58. The van der Waals surface area contributed by atoms with Crippen molar-refractivity contribution in [3.8, 4) is 0 Å². The van der Waals surface area contributed by atoms with E-state index in [0.29, 0.717) is 6.04 Å². The predicted octanol–water partition coefficient (Wildman–Crippen LogP) is 3.10. The molecule has 0 bridgehead atoms. The van der Waals surface area contributed by atoms with Crippen LogP contribution in [0.5, 0.6) is 0 Å². The van der Waals surface area contributed by atoms with E-state index in [0.717, 1.165) is 37.1 Å². The molecular formula is C15H26BrN3. The van der Waals surface area contributed by atoms with Gasteiger partial charge in [-0.3, -0.25) is 4.98 Å². The number of likely N-dealkylation sites (N-methyl/N-ethyl adjacent to an activating group) is 1. The molecule has 0 aromatic carbocycles. The minimum atomic E-state index is 0.529. The van der Waals surface area contributed by atoms with Crippen LogP contribution in [0.3, 0.4) is 0 Å². The minimum absolute atomic E-state index is 0.529. The molecule has 108 valence electrons. The van der Waals surface area contributed by atoms with Crippen molar-refractivity contribution in [1.29, 1.82) is 0 Å². The van der Waals surface area contributed by atoms with Crippen LogP contribution in [0.25, 0.3) is 0 Å². The molecular weight excluding hydrogens is 302 g/mol. The molecule has 0 fully saturated rings. The lowest BCUT2D eigenvalue weighted by Gasteiger charge is -2.23. The van der Waals surface area contributed by atoms with Gasteiger partial charge in [0, 0.05) is 22.9 Å². The Morgan fingerprint density at radius 1 is 1.26 bits per heavy atom. The first-order valence-electron chi connectivity index (χ1n) is 7.24. The molecule has 0 aliphatic carbocycles. The van der Waals surface area contributed by atoms with Gasteiger partial charge in [-0.25, -0.2) is 0 Å². The zero-order chi connectivity index (χ0) is 14.1. The topological polar surface area (TPSA) is 28.2 Å². The Bertz CT molecular complexity index is 353. The van der Waals surface area contributed by atoms with E-state index in [1.54, 1.807) is 0 Å². The van der Waals surface area contributed by atoms with E-state index in [9.17, 15) is 0 Å². The quantitative estimate of drug-likeness (QED) is 0.755. The molecule has 1 unspecified atom stereocenters. The predicted molar refractivity (Wildman–Crippen MR) is 85.5 cm³/mol. The fourth-order valence-electron chi connectivity index (χ4n) is 2.30. The van der Waals surface area contributed by atoms with Crippen LogP contribution in [0.4, 0.5) is 0 Å². The lowest BCUT2D eigenvalue weighted by Crippen LogP contribution is -2.35. The molecule has 3 nitrogen and oxygen atoms in total. The van der Waals surface area contributed by atoms with E-state index in [2.05, 4.69) is 58.0 Å². The van der Waals surface area contributed by atoms with Gasteiger partial charge in [0.15, 0.2) is 0 Å². The van der Waals surface area contributed by atoms with Gasteiger partial charge in [0.05, 0.1) is 0 Å². The lowest BCUT2D eigenvalue weighted by atomic mass is 10.0. The van der Waals surface area contributed by atoms with E-state index in [1.807, 2.05) is 12.4 Å². The normalized spacial score (nSPS) is 12.9. The molecule has 1 N–H and O–H groups in total. The third-order valence-electron chi connectivity index (χ3n) is 3.42. The number of nitrogens with one attached hydrogen (secondary N) is 1. The molecule has 0 saturated heterocycles. The maximum absolute atomic E-state index is 4.24. The van der Waals surface area contributed by atoms with Gasteiger partial charge in [-0.15, -0.1) is 0 Å². The monoisotopic (exact) mass is 327 g/mol. The summed E-state index contributed by atoms with van der Waals surface area (Å²) in [4.78, 5) is 6.72. The molecule has 0 aliphatic heterocycles. The van der Waals surface area contributed by atoms with Crippen LogP contribution in [0.1, 0.15) is 32.8 Å². The van der Waals surface area contributed by atoms with Crippen LogP contribution >= 0.6 is 15.9 Å². The molecule has 19 heavy (non-hydrogen) atoms. The van der Waals surface area contributed by atoms with Gasteiger partial charge in [-0.2, -0.15) is 0 Å². The zero-order valence-corrected chi connectivity index (χ0v) is 13.9. The second-order valence-corrected chi connectivity index (χ2v) is 5.70. The minimum Gasteiger partial charge on any atom is -0.314 e. The summed E-state index contributed by atoms with van der Waals surface area (Å²) in [5.74, 6) is 0. The Morgan fingerprint density at radius 2 is 2.00 bits per heavy atom. The maximum Gasteiger partial charge on any atom is 0.0410 e. The van der Waals surface area contributed by atoms with E-state index in [1.165, 1.54) is 12.0 Å². The first kappa shape index (κ1) is 16.6. The maximum atomic E-state index is 4.24. The summed E-state index contributed by atoms with van der Waals surface area (Å²) in [5.41, 5.74) is 1.29. The van der Waals surface area contributed by atoms with Crippen molar-refractivity contribution >= 4 is 15.9 Å². The molecule has 1 rings (SSSR count). The van der Waals surface area contributed by atoms with Crippen LogP contribution in [-0.2, 0) is 6.42 Å². The molecule has 0 saturated carbocycles. The fraction of sp³-hybridized carbons (Fsp3) is 0.667. The summed E-state index contributed by atoms with van der Waals surface area (Å²) < 4.78 is 1.06. The largest absolute Gasteiger partial charge is 0.314 e. The van der Waals surface area contributed by atoms with Crippen molar-refractivity contribution in [2.75, 3.05) is 26.2 Å². The fourth-order valence-corrected chi connectivity index (χ4v) is 2.71. The summed E-state index contributed by atoms with van der Waals surface area (Å²) in [6, 6.07) is 2.69. The lowest BCUT2D eigenvalue weighted by molar-refractivity contribution is 0.281. The van der Waals surface area contributed by atoms with E-state index in [4.69, 9.17) is 0 Å². The van der Waals surface area contributed by atoms with Crippen LogP contribution < -0.4 is 5.32 Å². The molecule has 1 aromatic heterocycles. The van der Waals surface area contributed by atoms with Crippen LogP contribution in [0.15, 0.2) is 22.9 Å². The summed E-state index contributed by atoms with van der Waals surface area (Å²) in [6.07, 6.45) is 6.03. The van der Waals surface area contributed by atoms with Crippen molar-refractivity contribution in [1.82, 2.24) is 15.2 Å². The highest BCUT2D eigenvalue weighted by atomic mass is 79.9. The van der Waals surface area contributed by atoms with Crippen molar-refractivity contribution in [3.05, 3.63) is 28.5 Å². The van der Waals surface area contributed by atoms with Crippen molar-refractivity contribution in [2.24, 2.45) is 0 Å². The van der Waals surface area contributed by atoms with Gasteiger partial charge in [0.2, 0.25) is 0 Å². The Hall–Kier alpha value is -0.450. The third-order valence-corrected chi connectivity index (χ3v) is 3.86. The second-order valence-electron chi connectivity index (χ2n) is 4.79. The molecule has 1 heterocycles. The Morgan fingerprint density at radius 3 is 2.58 bits per heavy atom. The van der Waals surface area contributed by atoms with Gasteiger partial charge in [0.1, 0.15) is 0 Å². The summed E-state index contributed by atoms with van der Waals surface area (Å²) in [7, 11) is 0. The highest BCUT2D eigenvalue weighted by Crippen LogP contribution is 2.12. The highest BCUT2D eigenvalue weighted by molar-refractivity contribution is 9.10. The standard InChI is InChI=1S/C15H26BrN3/c1-4-18-15(7-8-19(5-2)6-3)10-13-9-14(16)12-17-11-13/h9,11-12,15,18H,4-8,10H2,1-3H3. The highest BCUT2D eigenvalue weighted by Gasteiger charge is 2.10. The molecule has 4 heteroatoms. The van der Waals surface area contributed by atoms with Crippen molar-refractivity contribution in [3.63, 3.8) is 0 Å². The molecule has 1 atom stereocenters. The van der Waals surface area contributed by atoms with E-state index in [-0.39, 0.29) is 0 Å². The first-order chi connectivity index (χ1) is 9.19. The van der Waals surface area contributed by atoms with Gasteiger partial charge in [-0.1, -0.05) is 20.8 Å². The number of hydrogen-bond acceptors (Lipinski definition) is 3. The Balaban J connectivity index is 2.52. The Labute approximate surface area is 125 Å². The number of aromatic nitrogens is 1. The van der Waals surface area contributed by atoms with E-state index < -0.39 is 0 Å². The number of halogens is 1. The van der Waals surface area contributed by atoms with Crippen LogP contribution in [0, 0.1) is 0 Å². The number of pyridine rings is 1. The summed E-state index contributed by atoms with van der Waals surface area (Å²) >= 11 is 3.48. The average molecular weight is 328 g/mol. The average Bonchev–Trinajstić information content (AvgIpc) is 2.40. The first-order valence-corrected chi connectivity index (χ1v) is 8.04. The van der Waals surface area contributed by atoms with Gasteiger partial charge in [-0.05, 0) is 66.6 Å². The number of nitrogens with zero attached hydrogens (tertiary/aromatic N) is 2. The van der Waals surface area contributed by atoms with Crippen molar-refractivity contribution in [2.45, 2.75) is 39.7 Å². The van der Waals surface area contributed by atoms with Gasteiger partial charge < -0.3 is 10.2 Å². The number of hydrogen-bond donors (Lipinski definition) is 1. The van der Waals surface area contributed by atoms with Gasteiger partial charge >= 0.3 is 0 Å². The smallest absolute Gasteiger partial charge is 0.0410 e. The molecule has 0 amide bonds. The van der Waals surface area contributed by atoms with Gasteiger partial charge in [0.25, 0.3) is 0 Å². The molecule has 1 aromatic rings. The third kappa shape index (κ3) is 6.50. The van der Waals surface area contributed by atoms with Crippen LogP contribution in [0.2, 0.25) is 0 Å². The molecule has 0 radical (unpaired) electrons.